The van der Waals surface area contributed by atoms with Crippen LogP contribution < -0.4 is 0 Å². The molecular weight excluding hydrogens is 270 g/mol. The molecule has 3 atom stereocenters. The number of rotatable bonds is 6. The third-order valence-electron chi connectivity index (χ3n) is 3.99. The number of aliphatic hydroxyl groups is 1. The Morgan fingerprint density at radius 2 is 2.43 bits per heavy atom. The molecule has 2 rings (SSSR count). The SMILES string of the molecule is CCOC1(c2noc(CC(O)CC#N)n2)CCCC(C)C1. The molecular formula is C15H23N3O3. The lowest BCUT2D eigenvalue weighted by Crippen LogP contribution is -2.36. The first-order valence-electron chi connectivity index (χ1n) is 7.61. The van der Waals surface area contributed by atoms with Crippen LogP contribution >= 0.6 is 0 Å². The lowest BCUT2D eigenvalue weighted by atomic mass is 9.78. The quantitative estimate of drug-likeness (QED) is 0.865. The van der Waals surface area contributed by atoms with Crippen molar-refractivity contribution in [2.45, 2.75) is 64.1 Å². The van der Waals surface area contributed by atoms with Crippen LogP contribution in [0, 0.1) is 17.2 Å². The maximum Gasteiger partial charge on any atom is 0.229 e. The molecule has 6 heteroatoms. The Morgan fingerprint density at radius 3 is 3.10 bits per heavy atom. The van der Waals surface area contributed by atoms with Crippen LogP contribution in [0.2, 0.25) is 0 Å². The molecule has 0 spiro atoms. The molecule has 1 aliphatic carbocycles. The van der Waals surface area contributed by atoms with Crippen LogP contribution in [-0.4, -0.2) is 28.0 Å². The van der Waals surface area contributed by atoms with Gasteiger partial charge in [0.15, 0.2) is 0 Å². The molecule has 0 bridgehead atoms. The Balaban J connectivity index is 2.14. The largest absolute Gasteiger partial charge is 0.392 e. The summed E-state index contributed by atoms with van der Waals surface area (Å²) in [5.74, 6) is 1.51. The summed E-state index contributed by atoms with van der Waals surface area (Å²) >= 11 is 0. The van der Waals surface area contributed by atoms with E-state index in [1.165, 1.54) is 6.42 Å². The van der Waals surface area contributed by atoms with E-state index < -0.39 is 11.7 Å². The van der Waals surface area contributed by atoms with Crippen LogP contribution in [0.25, 0.3) is 0 Å². The van der Waals surface area contributed by atoms with Gasteiger partial charge in [-0.05, 0) is 32.1 Å². The van der Waals surface area contributed by atoms with E-state index in [-0.39, 0.29) is 12.8 Å². The molecule has 0 radical (unpaired) electrons. The Hall–Kier alpha value is -1.45. The molecule has 21 heavy (non-hydrogen) atoms. The number of hydrogen-bond donors (Lipinski definition) is 1. The summed E-state index contributed by atoms with van der Waals surface area (Å²) in [5.41, 5.74) is -0.464. The van der Waals surface area contributed by atoms with Crippen LogP contribution in [0.4, 0.5) is 0 Å². The standard InChI is InChI=1S/C15H23N3O3/c1-3-20-15(7-4-5-11(2)10-15)14-17-13(21-18-14)9-12(19)6-8-16/h11-12,19H,3-7,9-10H2,1-2H3. The lowest BCUT2D eigenvalue weighted by molar-refractivity contribution is -0.0891. The summed E-state index contributed by atoms with van der Waals surface area (Å²) in [7, 11) is 0. The van der Waals surface area contributed by atoms with Crippen molar-refractivity contribution in [2.75, 3.05) is 6.61 Å². The first-order valence-corrected chi connectivity index (χ1v) is 7.61. The summed E-state index contributed by atoms with van der Waals surface area (Å²) in [6.07, 6.45) is 3.56. The number of hydrogen-bond acceptors (Lipinski definition) is 6. The van der Waals surface area contributed by atoms with Crippen molar-refractivity contribution < 1.29 is 14.4 Å². The zero-order chi connectivity index (χ0) is 15.3. The Morgan fingerprint density at radius 1 is 1.62 bits per heavy atom. The third kappa shape index (κ3) is 3.80. The number of nitrogens with zero attached hydrogens (tertiary/aromatic N) is 3. The summed E-state index contributed by atoms with van der Waals surface area (Å²) in [4.78, 5) is 4.41. The molecule has 116 valence electrons. The van der Waals surface area contributed by atoms with Gasteiger partial charge in [-0.2, -0.15) is 10.2 Å². The molecule has 0 saturated heterocycles. The van der Waals surface area contributed by atoms with Gasteiger partial charge in [-0.25, -0.2) is 0 Å². The molecule has 1 fully saturated rings. The fourth-order valence-electron chi connectivity index (χ4n) is 3.08. The van der Waals surface area contributed by atoms with Gasteiger partial charge < -0.3 is 14.4 Å². The van der Waals surface area contributed by atoms with Crippen molar-refractivity contribution in [3.63, 3.8) is 0 Å². The average molecular weight is 293 g/mol. The van der Waals surface area contributed by atoms with E-state index in [2.05, 4.69) is 17.1 Å². The minimum atomic E-state index is -0.767. The molecule has 1 aromatic rings. The minimum Gasteiger partial charge on any atom is -0.392 e. The molecule has 1 N–H and O–H groups in total. The van der Waals surface area contributed by atoms with E-state index >= 15 is 0 Å². The van der Waals surface area contributed by atoms with Crippen LogP contribution in [0.5, 0.6) is 0 Å². The van der Waals surface area contributed by atoms with E-state index in [1.54, 1.807) is 0 Å². The highest BCUT2D eigenvalue weighted by Gasteiger charge is 2.41. The monoisotopic (exact) mass is 293 g/mol. The Bertz CT molecular complexity index is 493. The predicted octanol–water partition coefficient (Wildman–Crippen LogP) is 2.33. The fraction of sp³-hybridized carbons (Fsp3) is 0.800. The van der Waals surface area contributed by atoms with Gasteiger partial charge in [0.1, 0.15) is 5.60 Å². The molecule has 1 saturated carbocycles. The van der Waals surface area contributed by atoms with Crippen LogP contribution in [0.15, 0.2) is 4.52 Å². The number of nitriles is 1. The number of aliphatic hydroxyl groups excluding tert-OH is 1. The zero-order valence-corrected chi connectivity index (χ0v) is 12.7. The van der Waals surface area contributed by atoms with Gasteiger partial charge in [-0.1, -0.05) is 18.5 Å². The van der Waals surface area contributed by atoms with Gasteiger partial charge >= 0.3 is 0 Å². The van der Waals surface area contributed by atoms with Crippen LogP contribution in [-0.2, 0) is 16.8 Å². The second kappa shape index (κ2) is 7.01. The third-order valence-corrected chi connectivity index (χ3v) is 3.99. The highest BCUT2D eigenvalue weighted by atomic mass is 16.5. The molecule has 6 nitrogen and oxygen atoms in total. The second-order valence-electron chi connectivity index (χ2n) is 5.86. The van der Waals surface area contributed by atoms with Crippen LogP contribution in [0.1, 0.15) is 57.7 Å². The minimum absolute atomic E-state index is 0.0609. The Labute approximate surface area is 125 Å². The molecule has 1 heterocycles. The topological polar surface area (TPSA) is 92.2 Å². The lowest BCUT2D eigenvalue weighted by Gasteiger charge is -2.37. The second-order valence-corrected chi connectivity index (χ2v) is 5.86. The summed E-state index contributed by atoms with van der Waals surface area (Å²) in [5, 5.41) is 22.3. The maximum atomic E-state index is 9.65. The zero-order valence-electron chi connectivity index (χ0n) is 12.7. The van der Waals surface area contributed by atoms with Crippen molar-refractivity contribution in [1.29, 1.82) is 5.26 Å². The van der Waals surface area contributed by atoms with E-state index in [0.29, 0.717) is 24.2 Å². The van der Waals surface area contributed by atoms with Gasteiger partial charge in [0.2, 0.25) is 11.7 Å². The van der Waals surface area contributed by atoms with Crippen molar-refractivity contribution in [1.82, 2.24) is 10.1 Å². The number of aromatic nitrogens is 2. The van der Waals surface area contributed by atoms with Gasteiger partial charge in [-0.3, -0.25) is 0 Å². The predicted molar refractivity (Wildman–Crippen MR) is 75.2 cm³/mol. The molecule has 0 amide bonds. The summed E-state index contributed by atoms with van der Waals surface area (Å²) in [6.45, 7) is 4.79. The maximum absolute atomic E-state index is 9.65. The van der Waals surface area contributed by atoms with E-state index in [0.717, 1.165) is 19.3 Å². The molecule has 0 aromatic carbocycles. The Kier molecular flexibility index (Phi) is 5.32. The highest BCUT2D eigenvalue weighted by Crippen LogP contribution is 2.41. The van der Waals surface area contributed by atoms with Gasteiger partial charge in [0, 0.05) is 6.61 Å². The molecule has 1 aromatic heterocycles. The van der Waals surface area contributed by atoms with E-state index in [1.807, 2.05) is 13.0 Å². The van der Waals surface area contributed by atoms with Crippen molar-refractivity contribution in [2.24, 2.45) is 5.92 Å². The van der Waals surface area contributed by atoms with Crippen molar-refractivity contribution in [3.8, 4) is 6.07 Å². The van der Waals surface area contributed by atoms with Crippen molar-refractivity contribution >= 4 is 0 Å². The van der Waals surface area contributed by atoms with E-state index in [9.17, 15) is 5.11 Å². The van der Waals surface area contributed by atoms with Crippen molar-refractivity contribution in [3.05, 3.63) is 11.7 Å². The summed E-state index contributed by atoms with van der Waals surface area (Å²) < 4.78 is 11.2. The van der Waals surface area contributed by atoms with Gasteiger partial charge in [0.25, 0.3) is 0 Å². The van der Waals surface area contributed by atoms with Gasteiger partial charge in [-0.15, -0.1) is 0 Å². The van der Waals surface area contributed by atoms with E-state index in [4.69, 9.17) is 14.5 Å². The molecule has 3 unspecified atom stereocenters. The smallest absolute Gasteiger partial charge is 0.229 e. The number of ether oxygens (including phenoxy) is 1. The molecule has 1 aliphatic rings. The van der Waals surface area contributed by atoms with Crippen LogP contribution in [0.3, 0.4) is 0 Å². The highest BCUT2D eigenvalue weighted by molar-refractivity contribution is 5.05. The first kappa shape index (κ1) is 15.9. The fourth-order valence-corrected chi connectivity index (χ4v) is 3.08. The van der Waals surface area contributed by atoms with Gasteiger partial charge in [0.05, 0.1) is 25.0 Å². The molecule has 0 aliphatic heterocycles. The summed E-state index contributed by atoms with van der Waals surface area (Å²) in [6, 6.07) is 1.93. The average Bonchev–Trinajstić information content (AvgIpc) is 2.88. The normalized spacial score (nSPS) is 27.2. The first-order chi connectivity index (χ1) is 10.1.